The van der Waals surface area contributed by atoms with Crippen LogP contribution in [0.5, 0.6) is 0 Å². The molecule has 0 fully saturated rings. The van der Waals surface area contributed by atoms with E-state index in [0.29, 0.717) is 12.1 Å². The summed E-state index contributed by atoms with van der Waals surface area (Å²) in [5, 5.41) is 10.2. The molecule has 0 atom stereocenters. The van der Waals surface area contributed by atoms with Crippen molar-refractivity contribution in [1.82, 2.24) is 19.6 Å². The third kappa shape index (κ3) is 3.45. The minimum Gasteiger partial charge on any atom is -0.265 e. The zero-order chi connectivity index (χ0) is 21.6. The van der Waals surface area contributed by atoms with Crippen LogP contribution in [0.4, 0.5) is 0 Å². The molecule has 154 valence electrons. The summed E-state index contributed by atoms with van der Waals surface area (Å²) in [6.07, 6.45) is 1.77. The van der Waals surface area contributed by atoms with Crippen LogP contribution in [0.25, 0.3) is 16.6 Å². The first-order chi connectivity index (χ1) is 14.3. The molecule has 0 aliphatic rings. The topological polar surface area (TPSA) is 52.7 Å². The van der Waals surface area contributed by atoms with E-state index < -0.39 is 0 Å². The van der Waals surface area contributed by atoms with Gasteiger partial charge in [-0.05, 0) is 68.0 Å². The van der Waals surface area contributed by atoms with Gasteiger partial charge < -0.3 is 0 Å². The van der Waals surface area contributed by atoms with E-state index in [1.807, 2.05) is 6.07 Å². The zero-order valence-electron chi connectivity index (χ0n) is 18.5. The van der Waals surface area contributed by atoms with Crippen molar-refractivity contribution in [1.29, 1.82) is 0 Å². The first-order valence-corrected chi connectivity index (χ1v) is 10.4. The summed E-state index contributed by atoms with van der Waals surface area (Å²) in [7, 11) is 0. The lowest BCUT2D eigenvalue weighted by Crippen LogP contribution is -2.27. The van der Waals surface area contributed by atoms with Gasteiger partial charge in [-0.25, -0.2) is 9.36 Å². The fourth-order valence-corrected chi connectivity index (χ4v) is 3.81. The molecule has 2 aromatic carbocycles. The predicted octanol–water partition coefficient (Wildman–Crippen LogP) is 4.99. The molecule has 2 aromatic heterocycles. The Morgan fingerprint density at radius 2 is 1.67 bits per heavy atom. The van der Waals surface area contributed by atoms with Crippen molar-refractivity contribution in [2.45, 2.75) is 54.0 Å². The van der Waals surface area contributed by atoms with Crippen molar-refractivity contribution in [2.24, 2.45) is 0 Å². The van der Waals surface area contributed by atoms with Gasteiger partial charge in [-0.1, -0.05) is 43.7 Å². The van der Waals surface area contributed by atoms with Crippen molar-refractivity contribution in [2.75, 3.05) is 0 Å². The number of hydrogen-bond acceptors (Lipinski definition) is 3. The molecular formula is C25H28N4O. The first-order valence-electron chi connectivity index (χ1n) is 10.4. The van der Waals surface area contributed by atoms with E-state index in [9.17, 15) is 4.79 Å². The minimum atomic E-state index is -0.119. The van der Waals surface area contributed by atoms with Crippen LogP contribution in [-0.2, 0) is 6.54 Å². The molecule has 0 saturated heterocycles. The lowest BCUT2D eigenvalue weighted by Gasteiger charge is -2.14. The summed E-state index contributed by atoms with van der Waals surface area (Å²) < 4.78 is 3.36. The minimum absolute atomic E-state index is 0.119. The van der Waals surface area contributed by atoms with Crippen LogP contribution in [0.2, 0.25) is 0 Å². The van der Waals surface area contributed by atoms with Gasteiger partial charge in [0, 0.05) is 5.39 Å². The molecule has 4 aromatic rings. The van der Waals surface area contributed by atoms with Crippen molar-refractivity contribution < 1.29 is 0 Å². The van der Waals surface area contributed by atoms with Gasteiger partial charge in [0.2, 0.25) is 0 Å². The van der Waals surface area contributed by atoms with Crippen LogP contribution < -0.4 is 5.56 Å². The molecular weight excluding hydrogens is 372 g/mol. The zero-order valence-corrected chi connectivity index (χ0v) is 18.5. The maximum atomic E-state index is 13.6. The Morgan fingerprint density at radius 3 is 2.37 bits per heavy atom. The lowest BCUT2D eigenvalue weighted by atomic mass is 10.1. The monoisotopic (exact) mass is 400 g/mol. The maximum absolute atomic E-state index is 13.6. The van der Waals surface area contributed by atoms with Gasteiger partial charge in [-0.15, -0.1) is 0 Å². The van der Waals surface area contributed by atoms with Gasteiger partial charge in [0.1, 0.15) is 5.52 Å². The second-order valence-corrected chi connectivity index (χ2v) is 8.52. The number of hydrogen-bond donors (Lipinski definition) is 0. The van der Waals surface area contributed by atoms with Gasteiger partial charge >= 0.3 is 0 Å². The lowest BCUT2D eigenvalue weighted by molar-refractivity contribution is 0.610. The smallest absolute Gasteiger partial charge is 0.265 e. The average Bonchev–Trinajstić information content (AvgIpc) is 3.14. The fourth-order valence-electron chi connectivity index (χ4n) is 3.81. The van der Waals surface area contributed by atoms with E-state index >= 15 is 0 Å². The Kier molecular flexibility index (Phi) is 5.06. The van der Waals surface area contributed by atoms with Gasteiger partial charge in [0.05, 0.1) is 24.1 Å². The Hall–Kier alpha value is -3.21. The SMILES string of the molecule is Cc1ccc(C)c(Cn2nc(C(C)C)c3cnn(-c4ccc(C)c(C)c4)c3c2=O)c1. The number of nitrogens with zero attached hydrogens (tertiary/aromatic N) is 4. The summed E-state index contributed by atoms with van der Waals surface area (Å²) in [6.45, 7) is 12.9. The highest BCUT2D eigenvalue weighted by Crippen LogP contribution is 2.24. The Balaban J connectivity index is 1.96. The molecule has 0 amide bonds. The number of fused-ring (bicyclic) bond motifs is 1. The molecule has 0 bridgehead atoms. The number of rotatable bonds is 4. The van der Waals surface area contributed by atoms with Crippen LogP contribution in [0.1, 0.15) is 53.3 Å². The molecule has 0 aliphatic heterocycles. The second-order valence-electron chi connectivity index (χ2n) is 8.52. The number of aryl methyl sites for hydroxylation is 4. The Morgan fingerprint density at radius 1 is 0.933 bits per heavy atom. The molecule has 0 radical (unpaired) electrons. The summed E-state index contributed by atoms with van der Waals surface area (Å²) in [5.74, 6) is 0.176. The summed E-state index contributed by atoms with van der Waals surface area (Å²) in [4.78, 5) is 13.6. The van der Waals surface area contributed by atoms with E-state index in [2.05, 4.69) is 77.0 Å². The highest BCUT2D eigenvalue weighted by Gasteiger charge is 2.19. The molecule has 30 heavy (non-hydrogen) atoms. The highest BCUT2D eigenvalue weighted by molar-refractivity contribution is 5.82. The number of benzene rings is 2. The van der Waals surface area contributed by atoms with Gasteiger partial charge in [0.15, 0.2) is 0 Å². The Labute approximate surface area is 177 Å². The largest absolute Gasteiger partial charge is 0.293 e. The fraction of sp³-hybridized carbons (Fsp3) is 0.320. The van der Waals surface area contributed by atoms with Crippen LogP contribution in [-0.4, -0.2) is 19.6 Å². The maximum Gasteiger partial charge on any atom is 0.293 e. The van der Waals surface area contributed by atoms with Gasteiger partial charge in [-0.3, -0.25) is 4.79 Å². The van der Waals surface area contributed by atoms with E-state index in [1.54, 1.807) is 15.6 Å². The molecule has 0 aliphatic carbocycles. The van der Waals surface area contributed by atoms with Crippen LogP contribution in [0.15, 0.2) is 47.4 Å². The van der Waals surface area contributed by atoms with Crippen LogP contribution in [0, 0.1) is 27.7 Å². The average molecular weight is 401 g/mol. The van der Waals surface area contributed by atoms with Crippen LogP contribution in [0.3, 0.4) is 0 Å². The molecule has 5 nitrogen and oxygen atoms in total. The molecule has 0 saturated carbocycles. The molecule has 0 spiro atoms. The second kappa shape index (κ2) is 7.56. The highest BCUT2D eigenvalue weighted by atomic mass is 16.1. The van der Waals surface area contributed by atoms with Crippen molar-refractivity contribution in [3.63, 3.8) is 0 Å². The summed E-state index contributed by atoms with van der Waals surface area (Å²) in [6, 6.07) is 12.5. The number of aromatic nitrogens is 4. The standard InChI is InChI=1S/C25H28N4O/c1-15(2)23-22-13-26-29(21-10-9-17(4)19(6)12-21)24(22)25(30)28(27-23)14-20-11-16(3)7-8-18(20)5/h7-13,15H,14H2,1-6H3. The molecule has 0 N–H and O–H groups in total. The van der Waals surface area contributed by atoms with Crippen LogP contribution >= 0.6 is 0 Å². The molecule has 4 rings (SSSR count). The van der Waals surface area contributed by atoms with Crippen molar-refractivity contribution in [3.05, 3.63) is 86.5 Å². The summed E-state index contributed by atoms with van der Waals surface area (Å²) >= 11 is 0. The quantitative estimate of drug-likeness (QED) is 0.485. The van der Waals surface area contributed by atoms with E-state index in [4.69, 9.17) is 5.10 Å². The predicted molar refractivity (Wildman–Crippen MR) is 122 cm³/mol. The van der Waals surface area contributed by atoms with Gasteiger partial charge in [-0.2, -0.15) is 10.2 Å². The molecule has 0 unspecified atom stereocenters. The van der Waals surface area contributed by atoms with Crippen molar-refractivity contribution in [3.8, 4) is 5.69 Å². The first kappa shape index (κ1) is 20.1. The normalized spacial score (nSPS) is 11.6. The Bertz CT molecular complexity index is 1310. The molecule has 5 heteroatoms. The van der Waals surface area contributed by atoms with E-state index in [0.717, 1.165) is 27.9 Å². The molecule has 2 heterocycles. The van der Waals surface area contributed by atoms with E-state index in [-0.39, 0.29) is 11.5 Å². The third-order valence-corrected chi connectivity index (χ3v) is 5.82. The van der Waals surface area contributed by atoms with Gasteiger partial charge in [0.25, 0.3) is 5.56 Å². The van der Waals surface area contributed by atoms with E-state index in [1.165, 1.54) is 16.7 Å². The third-order valence-electron chi connectivity index (χ3n) is 5.82. The summed E-state index contributed by atoms with van der Waals surface area (Å²) in [5.41, 5.74) is 8.08. The van der Waals surface area contributed by atoms with Crippen molar-refractivity contribution >= 4 is 10.9 Å².